The number of rotatable bonds is 6. The predicted octanol–water partition coefficient (Wildman–Crippen LogP) is 15.2. The normalized spacial score (nSPS) is 17.7. The van der Waals surface area contributed by atoms with E-state index in [9.17, 15) is 0 Å². The molecule has 2 unspecified atom stereocenters. The Hall–Kier alpha value is -6.70. The van der Waals surface area contributed by atoms with E-state index in [4.69, 9.17) is 0 Å². The molecule has 0 saturated carbocycles. The van der Waals surface area contributed by atoms with Crippen molar-refractivity contribution in [2.75, 3.05) is 0 Å². The molecule has 58 heavy (non-hydrogen) atoms. The van der Waals surface area contributed by atoms with Crippen LogP contribution in [-0.4, -0.2) is 4.57 Å². The van der Waals surface area contributed by atoms with E-state index in [1.165, 1.54) is 94.3 Å². The van der Waals surface area contributed by atoms with Gasteiger partial charge >= 0.3 is 0 Å². The monoisotopic (exact) mass is 743 g/mol. The highest BCUT2D eigenvalue weighted by atomic mass is 15.0. The minimum atomic E-state index is -0.194. The number of benzene rings is 7. The van der Waals surface area contributed by atoms with Crippen LogP contribution in [0.25, 0.3) is 72.0 Å². The van der Waals surface area contributed by atoms with Gasteiger partial charge in [-0.2, -0.15) is 0 Å². The molecule has 0 amide bonds. The summed E-state index contributed by atoms with van der Waals surface area (Å²) in [4.78, 5) is 0. The smallest absolute Gasteiger partial charge is 0.0582 e. The molecular formula is C57H45N. The maximum Gasteiger partial charge on any atom is 0.0582 e. The fraction of sp³-hybridized carbons (Fsp3) is 0.123. The molecule has 8 aromatic rings. The van der Waals surface area contributed by atoms with Crippen molar-refractivity contribution in [2.24, 2.45) is 5.92 Å². The van der Waals surface area contributed by atoms with Crippen LogP contribution < -0.4 is 0 Å². The molecule has 1 heteroatoms. The molecule has 2 aliphatic carbocycles. The minimum absolute atomic E-state index is 0.194. The van der Waals surface area contributed by atoms with Gasteiger partial charge in [-0.25, -0.2) is 0 Å². The summed E-state index contributed by atoms with van der Waals surface area (Å²) in [6.45, 7) is 4.81. The molecule has 0 fully saturated rings. The Morgan fingerprint density at radius 3 is 1.95 bits per heavy atom. The number of allylic oxidation sites excluding steroid dienone is 8. The van der Waals surface area contributed by atoms with E-state index in [0.717, 1.165) is 12.8 Å². The molecule has 278 valence electrons. The second-order valence-electron chi connectivity index (χ2n) is 16.8. The van der Waals surface area contributed by atoms with Crippen molar-refractivity contribution >= 4 is 21.8 Å². The molecule has 1 aromatic heterocycles. The number of aromatic nitrogens is 1. The van der Waals surface area contributed by atoms with Crippen LogP contribution in [0.4, 0.5) is 0 Å². The predicted molar refractivity (Wildman–Crippen MR) is 246 cm³/mol. The summed E-state index contributed by atoms with van der Waals surface area (Å²) in [5.41, 5.74) is 19.2. The number of para-hydroxylation sites is 1. The first-order valence-corrected chi connectivity index (χ1v) is 20.8. The van der Waals surface area contributed by atoms with Crippen LogP contribution in [0.15, 0.2) is 206 Å². The Balaban J connectivity index is 1.07. The van der Waals surface area contributed by atoms with Gasteiger partial charge in [0.25, 0.3) is 0 Å². The maximum absolute atomic E-state index is 2.54. The Kier molecular flexibility index (Phi) is 8.19. The summed E-state index contributed by atoms with van der Waals surface area (Å²) in [6, 6.07) is 58.9. The van der Waals surface area contributed by atoms with Crippen LogP contribution in [0.2, 0.25) is 0 Å². The quantitative estimate of drug-likeness (QED) is 0.160. The minimum Gasteiger partial charge on any atom is -0.309 e. The Morgan fingerprint density at radius 2 is 1.17 bits per heavy atom. The lowest BCUT2D eigenvalue weighted by Gasteiger charge is -2.35. The summed E-state index contributed by atoms with van der Waals surface area (Å²) >= 11 is 0. The molecule has 2 atom stereocenters. The fourth-order valence-corrected chi connectivity index (χ4v) is 10.1. The van der Waals surface area contributed by atoms with Crippen molar-refractivity contribution in [2.45, 2.75) is 38.0 Å². The zero-order valence-corrected chi connectivity index (χ0v) is 33.1. The molecular weight excluding hydrogens is 699 g/mol. The molecule has 0 bridgehead atoms. The zero-order valence-electron chi connectivity index (χ0n) is 33.1. The molecule has 11 rings (SSSR count). The van der Waals surface area contributed by atoms with Crippen molar-refractivity contribution < 1.29 is 0 Å². The van der Waals surface area contributed by atoms with Crippen LogP contribution in [-0.2, 0) is 5.41 Å². The SMILES string of the molecule is CC1(C)c2ccccc2-n2c3ccc(-c4ccccc4C4C=CC(C5C=CC=CC5)=CC4)cc3c3cc(-c4ccccc4-c4ccc(-c5ccccc5)cc4)cc1c32. The largest absolute Gasteiger partial charge is 0.309 e. The molecule has 0 spiro atoms. The van der Waals surface area contributed by atoms with Gasteiger partial charge in [-0.3, -0.25) is 0 Å². The summed E-state index contributed by atoms with van der Waals surface area (Å²) in [6.07, 6.45) is 18.4. The van der Waals surface area contributed by atoms with Gasteiger partial charge in [0.1, 0.15) is 0 Å². The lowest BCUT2D eigenvalue weighted by Crippen LogP contribution is -2.26. The van der Waals surface area contributed by atoms with Crippen molar-refractivity contribution in [3.8, 4) is 50.2 Å². The average molecular weight is 744 g/mol. The Bertz CT molecular complexity index is 3020. The lowest BCUT2D eigenvalue weighted by atomic mass is 9.73. The van der Waals surface area contributed by atoms with Gasteiger partial charge in [0.05, 0.1) is 16.7 Å². The molecule has 0 radical (unpaired) electrons. The highest BCUT2D eigenvalue weighted by Gasteiger charge is 2.36. The number of hydrogen-bond donors (Lipinski definition) is 0. The first-order chi connectivity index (χ1) is 28.5. The third-order valence-corrected chi connectivity index (χ3v) is 13.1. The summed E-state index contributed by atoms with van der Waals surface area (Å²) < 4.78 is 2.54. The van der Waals surface area contributed by atoms with Gasteiger partial charge in [-0.1, -0.05) is 184 Å². The highest BCUT2D eigenvalue weighted by molar-refractivity contribution is 6.14. The van der Waals surface area contributed by atoms with E-state index >= 15 is 0 Å². The molecule has 2 heterocycles. The van der Waals surface area contributed by atoms with E-state index in [-0.39, 0.29) is 5.41 Å². The highest BCUT2D eigenvalue weighted by Crippen LogP contribution is 2.50. The first-order valence-electron chi connectivity index (χ1n) is 20.8. The number of hydrogen-bond acceptors (Lipinski definition) is 0. The lowest BCUT2D eigenvalue weighted by molar-refractivity contribution is 0.630. The van der Waals surface area contributed by atoms with Crippen LogP contribution in [0.3, 0.4) is 0 Å². The van der Waals surface area contributed by atoms with E-state index in [1.54, 1.807) is 0 Å². The van der Waals surface area contributed by atoms with Crippen molar-refractivity contribution in [3.63, 3.8) is 0 Å². The van der Waals surface area contributed by atoms with Crippen LogP contribution >= 0.6 is 0 Å². The zero-order chi connectivity index (χ0) is 38.8. The van der Waals surface area contributed by atoms with Crippen LogP contribution in [0.1, 0.15) is 49.3 Å². The number of nitrogens with zero attached hydrogens (tertiary/aromatic N) is 1. The number of fused-ring (bicyclic) bond motifs is 5. The van der Waals surface area contributed by atoms with E-state index in [2.05, 4.69) is 219 Å². The van der Waals surface area contributed by atoms with Gasteiger partial charge < -0.3 is 4.57 Å². The van der Waals surface area contributed by atoms with Gasteiger partial charge in [0, 0.05) is 28.0 Å². The molecule has 0 saturated heterocycles. The summed E-state index contributed by atoms with van der Waals surface area (Å²) in [5.74, 6) is 0.822. The fourth-order valence-electron chi connectivity index (χ4n) is 10.1. The van der Waals surface area contributed by atoms with E-state index in [0.29, 0.717) is 11.8 Å². The second-order valence-corrected chi connectivity index (χ2v) is 16.8. The van der Waals surface area contributed by atoms with E-state index < -0.39 is 0 Å². The van der Waals surface area contributed by atoms with Crippen LogP contribution in [0.5, 0.6) is 0 Å². The van der Waals surface area contributed by atoms with Crippen molar-refractivity contribution in [3.05, 3.63) is 223 Å². The third-order valence-electron chi connectivity index (χ3n) is 13.1. The Labute approximate surface area is 341 Å². The van der Waals surface area contributed by atoms with Crippen molar-refractivity contribution in [1.82, 2.24) is 4.57 Å². The molecule has 1 nitrogen and oxygen atoms in total. The van der Waals surface area contributed by atoms with Gasteiger partial charge in [-0.15, -0.1) is 0 Å². The maximum atomic E-state index is 2.54. The molecule has 0 N–H and O–H groups in total. The van der Waals surface area contributed by atoms with Crippen molar-refractivity contribution in [1.29, 1.82) is 0 Å². The topological polar surface area (TPSA) is 4.93 Å². The molecule has 1 aliphatic heterocycles. The summed E-state index contributed by atoms with van der Waals surface area (Å²) in [5, 5.41) is 2.60. The van der Waals surface area contributed by atoms with E-state index in [1.807, 2.05) is 0 Å². The van der Waals surface area contributed by atoms with Crippen LogP contribution in [0, 0.1) is 5.92 Å². The summed E-state index contributed by atoms with van der Waals surface area (Å²) in [7, 11) is 0. The van der Waals surface area contributed by atoms with Gasteiger partial charge in [0.2, 0.25) is 0 Å². The molecule has 7 aromatic carbocycles. The molecule has 3 aliphatic rings. The third kappa shape index (κ3) is 5.60. The van der Waals surface area contributed by atoms with Gasteiger partial charge in [0.15, 0.2) is 0 Å². The standard InChI is InChI=1S/C57H45N/c1-57(2)52-23-13-14-24-55(52)58-54-34-33-44(48-21-11-9-19-46(48)42-29-25-40(26-30-42)38-15-5-3-6-16-38)35-50(54)51-36-45(37-53(57)56(51)58)49-22-12-10-20-47(49)43-31-27-41(28-32-43)39-17-7-4-8-18-39/h3-15,17-29,31-38,42H,16,30H2,1-2H3. The first kappa shape index (κ1) is 34.5. The van der Waals surface area contributed by atoms with Gasteiger partial charge in [-0.05, 0) is 110 Å². The average Bonchev–Trinajstić information content (AvgIpc) is 3.62. The second kappa shape index (κ2) is 13.7. The Morgan fingerprint density at radius 1 is 0.500 bits per heavy atom.